The van der Waals surface area contributed by atoms with Crippen molar-refractivity contribution in [2.45, 2.75) is 25.7 Å². The molecule has 2 aromatic rings. The largest absolute Gasteiger partial charge is 0.382 e. The van der Waals surface area contributed by atoms with E-state index in [9.17, 15) is 4.39 Å². The van der Waals surface area contributed by atoms with Gasteiger partial charge in [-0.1, -0.05) is 6.07 Å². The van der Waals surface area contributed by atoms with Crippen LogP contribution in [0.3, 0.4) is 0 Å². The molecule has 1 aromatic heterocycles. The number of nitrogens with one attached hydrogen (secondary N) is 1. The van der Waals surface area contributed by atoms with Gasteiger partial charge in [0.2, 0.25) is 0 Å². The van der Waals surface area contributed by atoms with E-state index in [2.05, 4.69) is 10.2 Å². The minimum absolute atomic E-state index is 0.120. The van der Waals surface area contributed by atoms with Crippen LogP contribution in [0.2, 0.25) is 0 Å². The van der Waals surface area contributed by atoms with E-state index in [0.717, 1.165) is 36.8 Å². The summed E-state index contributed by atoms with van der Waals surface area (Å²) in [5, 5.41) is 6.59. The first-order valence-electron chi connectivity index (χ1n) is 5.87. The molecule has 1 heterocycles. The van der Waals surface area contributed by atoms with Crippen LogP contribution < -0.4 is 5.73 Å². The summed E-state index contributed by atoms with van der Waals surface area (Å²) in [6, 6.07) is 5.49. The van der Waals surface area contributed by atoms with Gasteiger partial charge in [-0.2, -0.15) is 5.10 Å². The molecule has 4 heteroatoms. The van der Waals surface area contributed by atoms with Gasteiger partial charge >= 0.3 is 0 Å². The summed E-state index contributed by atoms with van der Waals surface area (Å²) >= 11 is 0. The van der Waals surface area contributed by atoms with E-state index in [4.69, 9.17) is 5.73 Å². The Balaban J connectivity index is 2.12. The quantitative estimate of drug-likeness (QED) is 0.792. The number of nitrogens with zero attached hydrogens (tertiary/aromatic N) is 1. The lowest BCUT2D eigenvalue weighted by Crippen LogP contribution is -2.06. The van der Waals surface area contributed by atoms with E-state index in [1.165, 1.54) is 0 Å². The van der Waals surface area contributed by atoms with Crippen LogP contribution in [0, 0.1) is 5.82 Å². The van der Waals surface area contributed by atoms with E-state index in [-0.39, 0.29) is 5.82 Å². The lowest BCUT2D eigenvalue weighted by molar-refractivity contribution is 0.581. The van der Waals surface area contributed by atoms with Gasteiger partial charge in [0.25, 0.3) is 0 Å². The number of H-pyrrole nitrogens is 1. The number of nitrogens with two attached hydrogens (primary N) is 1. The lowest BCUT2D eigenvalue weighted by atomic mass is 9.89. The Morgan fingerprint density at radius 3 is 2.82 bits per heavy atom. The Hall–Kier alpha value is -1.84. The maximum absolute atomic E-state index is 14.4. The minimum Gasteiger partial charge on any atom is -0.382 e. The third-order valence-electron chi connectivity index (χ3n) is 3.35. The number of anilines is 1. The fourth-order valence-corrected chi connectivity index (χ4v) is 2.47. The van der Waals surface area contributed by atoms with Crippen LogP contribution in [-0.2, 0) is 12.8 Å². The Morgan fingerprint density at radius 2 is 2.06 bits per heavy atom. The first kappa shape index (κ1) is 10.3. The van der Waals surface area contributed by atoms with Crippen molar-refractivity contribution in [3.05, 3.63) is 35.1 Å². The van der Waals surface area contributed by atoms with Crippen LogP contribution in [-0.4, -0.2) is 10.2 Å². The second kappa shape index (κ2) is 3.87. The van der Waals surface area contributed by atoms with Gasteiger partial charge in [-0.25, -0.2) is 4.39 Å². The van der Waals surface area contributed by atoms with Crippen molar-refractivity contribution in [2.24, 2.45) is 0 Å². The second-order valence-corrected chi connectivity index (χ2v) is 4.48. The van der Waals surface area contributed by atoms with Gasteiger partial charge in [-0.05, 0) is 42.9 Å². The number of benzene rings is 1. The summed E-state index contributed by atoms with van der Waals surface area (Å²) in [6.07, 6.45) is 4.04. The molecule has 0 saturated carbocycles. The van der Waals surface area contributed by atoms with Crippen LogP contribution in [0.25, 0.3) is 11.3 Å². The Morgan fingerprint density at radius 1 is 1.24 bits per heavy atom. The van der Waals surface area contributed by atoms with Crippen LogP contribution in [0.5, 0.6) is 0 Å². The molecular formula is C13H14FN3. The average Bonchev–Trinajstić information content (AvgIpc) is 2.77. The average molecular weight is 231 g/mol. The predicted octanol–water partition coefficient (Wildman–Crippen LogP) is 2.68. The van der Waals surface area contributed by atoms with Crippen molar-refractivity contribution in [2.75, 3.05) is 5.73 Å². The van der Waals surface area contributed by atoms with E-state index >= 15 is 0 Å². The van der Waals surface area contributed by atoms with E-state index in [1.54, 1.807) is 6.07 Å². The predicted molar refractivity (Wildman–Crippen MR) is 65.0 cm³/mol. The van der Waals surface area contributed by atoms with E-state index in [1.807, 2.05) is 12.1 Å². The molecule has 0 bridgehead atoms. The molecule has 1 aromatic carbocycles. The second-order valence-electron chi connectivity index (χ2n) is 4.48. The third kappa shape index (κ3) is 1.69. The molecule has 3 N–H and O–H groups in total. The first-order valence-corrected chi connectivity index (χ1v) is 5.87. The molecule has 0 aliphatic heterocycles. The van der Waals surface area contributed by atoms with E-state index in [0.29, 0.717) is 17.1 Å². The topological polar surface area (TPSA) is 54.7 Å². The van der Waals surface area contributed by atoms with Gasteiger partial charge in [-0.3, -0.25) is 5.10 Å². The van der Waals surface area contributed by atoms with Crippen molar-refractivity contribution in [3.63, 3.8) is 0 Å². The molecule has 1 aliphatic rings. The maximum Gasteiger partial charge on any atom is 0.145 e. The van der Waals surface area contributed by atoms with Gasteiger partial charge < -0.3 is 5.73 Å². The number of aromatic amines is 1. The molecule has 0 fully saturated rings. The highest BCUT2D eigenvalue weighted by Gasteiger charge is 2.18. The number of halogens is 1. The number of aromatic nitrogens is 2. The summed E-state index contributed by atoms with van der Waals surface area (Å²) in [4.78, 5) is 0. The van der Waals surface area contributed by atoms with Gasteiger partial charge in [0.1, 0.15) is 11.6 Å². The van der Waals surface area contributed by atoms with Crippen molar-refractivity contribution < 1.29 is 4.39 Å². The smallest absolute Gasteiger partial charge is 0.145 e. The summed E-state index contributed by atoms with van der Waals surface area (Å²) in [7, 11) is 0. The minimum atomic E-state index is -0.120. The number of hydrogen-bond acceptors (Lipinski definition) is 2. The lowest BCUT2D eigenvalue weighted by Gasteiger charge is -2.17. The summed E-state index contributed by atoms with van der Waals surface area (Å²) in [6.45, 7) is 0. The zero-order valence-electron chi connectivity index (χ0n) is 9.46. The number of aryl methyl sites for hydroxylation is 1. The molecule has 1 aliphatic carbocycles. The Labute approximate surface area is 98.8 Å². The van der Waals surface area contributed by atoms with Crippen molar-refractivity contribution in [3.8, 4) is 11.3 Å². The van der Waals surface area contributed by atoms with Gasteiger partial charge in [0.05, 0.1) is 5.69 Å². The molecule has 0 amide bonds. The van der Waals surface area contributed by atoms with E-state index < -0.39 is 0 Å². The first-order chi connectivity index (χ1) is 8.25. The number of nitrogen functional groups attached to an aromatic ring is 1. The SMILES string of the molecule is Nc1cc(-c2ccc3c(c2F)CCCC3)[nH]n1. The number of fused-ring (bicyclic) bond motifs is 1. The Kier molecular flexibility index (Phi) is 2.35. The molecule has 0 atom stereocenters. The van der Waals surface area contributed by atoms with Gasteiger partial charge in [0, 0.05) is 11.6 Å². The summed E-state index contributed by atoms with van der Waals surface area (Å²) < 4.78 is 14.4. The molecule has 0 unspecified atom stereocenters. The molecule has 88 valence electrons. The van der Waals surface area contributed by atoms with Crippen molar-refractivity contribution in [1.82, 2.24) is 10.2 Å². The van der Waals surface area contributed by atoms with Crippen molar-refractivity contribution >= 4 is 5.82 Å². The van der Waals surface area contributed by atoms with Crippen LogP contribution >= 0.6 is 0 Å². The highest BCUT2D eigenvalue weighted by molar-refractivity contribution is 5.64. The standard InChI is InChI=1S/C13H14FN3/c14-13-9-4-2-1-3-8(9)5-6-10(13)11-7-12(15)17-16-11/h5-7H,1-4H2,(H3,15,16,17). The highest BCUT2D eigenvalue weighted by Crippen LogP contribution is 2.30. The summed E-state index contributed by atoms with van der Waals surface area (Å²) in [5.74, 6) is 0.267. The molecular weight excluding hydrogens is 217 g/mol. The molecule has 3 rings (SSSR count). The number of hydrogen-bond donors (Lipinski definition) is 2. The molecule has 0 spiro atoms. The monoisotopic (exact) mass is 231 g/mol. The highest BCUT2D eigenvalue weighted by atomic mass is 19.1. The molecule has 0 radical (unpaired) electrons. The number of rotatable bonds is 1. The molecule has 0 saturated heterocycles. The maximum atomic E-state index is 14.4. The fraction of sp³-hybridized carbons (Fsp3) is 0.308. The zero-order chi connectivity index (χ0) is 11.8. The van der Waals surface area contributed by atoms with Crippen molar-refractivity contribution in [1.29, 1.82) is 0 Å². The van der Waals surface area contributed by atoms with Gasteiger partial charge in [-0.15, -0.1) is 0 Å². The van der Waals surface area contributed by atoms with Crippen LogP contribution in [0.1, 0.15) is 24.0 Å². The van der Waals surface area contributed by atoms with Crippen LogP contribution in [0.15, 0.2) is 18.2 Å². The zero-order valence-corrected chi connectivity index (χ0v) is 9.46. The molecule has 3 nitrogen and oxygen atoms in total. The van der Waals surface area contributed by atoms with Gasteiger partial charge in [0.15, 0.2) is 0 Å². The Bertz CT molecular complexity index is 560. The normalized spacial score (nSPS) is 14.6. The molecule has 17 heavy (non-hydrogen) atoms. The third-order valence-corrected chi connectivity index (χ3v) is 3.35. The fourth-order valence-electron chi connectivity index (χ4n) is 2.47. The van der Waals surface area contributed by atoms with Crippen LogP contribution in [0.4, 0.5) is 10.2 Å². The summed E-state index contributed by atoms with van der Waals surface area (Å²) in [5.41, 5.74) is 8.76.